The summed E-state index contributed by atoms with van der Waals surface area (Å²) in [6, 6.07) is 6.32. The van der Waals surface area contributed by atoms with E-state index in [2.05, 4.69) is 22.6 Å². The first-order valence-electron chi connectivity index (χ1n) is 7.59. The van der Waals surface area contributed by atoms with E-state index < -0.39 is 23.9 Å². The summed E-state index contributed by atoms with van der Waals surface area (Å²) in [6.07, 6.45) is 2.89. The average molecular weight is 346 g/mol. The summed E-state index contributed by atoms with van der Waals surface area (Å²) < 4.78 is 9.31. The van der Waals surface area contributed by atoms with Crippen LogP contribution in [0, 0.1) is 0 Å². The van der Waals surface area contributed by atoms with Crippen LogP contribution in [0.5, 0.6) is 0 Å². The Bertz CT molecular complexity index is 1000. The SMILES string of the molecule is C=Cc1cc(-c2cc(C=C)c3c(c2)C(=O)OC3=O)cc2c1C(=O)OC2=O. The van der Waals surface area contributed by atoms with Crippen LogP contribution in [-0.2, 0) is 9.47 Å². The normalized spacial score (nSPS) is 14.6. The first-order valence-corrected chi connectivity index (χ1v) is 7.59. The van der Waals surface area contributed by atoms with Gasteiger partial charge in [-0.15, -0.1) is 0 Å². The van der Waals surface area contributed by atoms with Gasteiger partial charge in [-0.2, -0.15) is 0 Å². The molecule has 0 amide bonds. The van der Waals surface area contributed by atoms with Gasteiger partial charge < -0.3 is 9.47 Å². The van der Waals surface area contributed by atoms with E-state index in [9.17, 15) is 19.2 Å². The minimum atomic E-state index is -0.741. The van der Waals surface area contributed by atoms with Crippen molar-refractivity contribution in [3.05, 3.63) is 70.8 Å². The first-order chi connectivity index (χ1) is 12.4. The molecule has 0 aromatic heterocycles. The number of ether oxygens (including phenoxy) is 2. The number of benzene rings is 2. The number of fused-ring (bicyclic) bond motifs is 2. The maximum atomic E-state index is 11.9. The van der Waals surface area contributed by atoms with Crippen LogP contribution < -0.4 is 0 Å². The van der Waals surface area contributed by atoms with E-state index in [-0.39, 0.29) is 22.3 Å². The molecular formula is C20H10O6. The topological polar surface area (TPSA) is 86.7 Å². The third kappa shape index (κ3) is 2.05. The third-order valence-corrected chi connectivity index (χ3v) is 4.33. The third-order valence-electron chi connectivity index (χ3n) is 4.33. The second kappa shape index (κ2) is 5.35. The Morgan fingerprint density at radius 2 is 1.00 bits per heavy atom. The maximum absolute atomic E-state index is 11.9. The minimum absolute atomic E-state index is 0.127. The van der Waals surface area contributed by atoms with Crippen LogP contribution in [0.15, 0.2) is 37.4 Å². The van der Waals surface area contributed by atoms with Gasteiger partial charge in [-0.3, -0.25) is 0 Å². The zero-order chi connectivity index (χ0) is 18.6. The molecule has 0 saturated carbocycles. The van der Waals surface area contributed by atoms with Crippen molar-refractivity contribution in [2.24, 2.45) is 0 Å². The summed E-state index contributed by atoms with van der Waals surface area (Å²) >= 11 is 0. The molecular weight excluding hydrogens is 336 g/mol. The smallest absolute Gasteiger partial charge is 0.347 e. The molecule has 2 aliphatic rings. The number of carbonyl (C=O) groups is 4. The number of hydrogen-bond donors (Lipinski definition) is 0. The molecule has 0 N–H and O–H groups in total. The van der Waals surface area contributed by atoms with Crippen LogP contribution in [0.1, 0.15) is 52.6 Å². The summed E-state index contributed by atoms with van der Waals surface area (Å²) in [7, 11) is 0. The lowest BCUT2D eigenvalue weighted by Gasteiger charge is -2.09. The predicted octanol–water partition coefficient (Wildman–Crippen LogP) is 3.26. The highest BCUT2D eigenvalue weighted by Gasteiger charge is 2.34. The summed E-state index contributed by atoms with van der Waals surface area (Å²) in [6.45, 7) is 7.32. The second-order valence-electron chi connectivity index (χ2n) is 5.74. The van der Waals surface area contributed by atoms with Gasteiger partial charge in [0.2, 0.25) is 0 Å². The highest BCUT2D eigenvalue weighted by Crippen LogP contribution is 2.35. The zero-order valence-corrected chi connectivity index (χ0v) is 13.3. The lowest BCUT2D eigenvalue weighted by molar-refractivity contribution is 0.0425. The fourth-order valence-electron chi connectivity index (χ4n) is 3.14. The van der Waals surface area contributed by atoms with E-state index in [0.29, 0.717) is 22.3 Å². The van der Waals surface area contributed by atoms with Crippen molar-refractivity contribution in [2.45, 2.75) is 0 Å². The van der Waals surface area contributed by atoms with Crippen molar-refractivity contribution >= 4 is 36.0 Å². The summed E-state index contributed by atoms with van der Waals surface area (Å²) in [5.41, 5.74) is 2.57. The van der Waals surface area contributed by atoms with Gasteiger partial charge in [-0.05, 0) is 46.5 Å². The molecule has 0 fully saturated rings. The molecule has 0 bridgehead atoms. The Labute approximate surface area is 147 Å². The van der Waals surface area contributed by atoms with Crippen molar-refractivity contribution < 1.29 is 28.7 Å². The van der Waals surface area contributed by atoms with Gasteiger partial charge in [-0.1, -0.05) is 25.3 Å². The van der Waals surface area contributed by atoms with Gasteiger partial charge in [0.25, 0.3) is 0 Å². The Balaban J connectivity index is 1.98. The van der Waals surface area contributed by atoms with Crippen LogP contribution in [0.3, 0.4) is 0 Å². The van der Waals surface area contributed by atoms with E-state index in [0.717, 1.165) is 0 Å². The van der Waals surface area contributed by atoms with Crippen molar-refractivity contribution in [3.8, 4) is 11.1 Å². The largest absolute Gasteiger partial charge is 0.386 e. The first kappa shape index (κ1) is 15.7. The minimum Gasteiger partial charge on any atom is -0.386 e. The van der Waals surface area contributed by atoms with Crippen LogP contribution >= 0.6 is 0 Å². The van der Waals surface area contributed by atoms with E-state index in [4.69, 9.17) is 0 Å². The Kier molecular flexibility index (Phi) is 3.23. The van der Waals surface area contributed by atoms with Gasteiger partial charge in [0.05, 0.1) is 22.3 Å². The fourth-order valence-corrected chi connectivity index (χ4v) is 3.14. The molecule has 0 unspecified atom stereocenters. The standard InChI is InChI=1S/C20H10O6/c1-3-9-5-11(7-13-15(9)19(23)25-17(13)21)12-6-10(4-2)16-14(8-12)18(22)26-20(16)24/h3-8H,1-2H2. The fraction of sp³-hybridized carbons (Fsp3) is 0. The van der Waals surface area contributed by atoms with Crippen LogP contribution in [0.2, 0.25) is 0 Å². The van der Waals surface area contributed by atoms with Crippen molar-refractivity contribution in [1.82, 2.24) is 0 Å². The molecule has 6 nitrogen and oxygen atoms in total. The highest BCUT2D eigenvalue weighted by atomic mass is 16.6. The summed E-state index contributed by atoms with van der Waals surface area (Å²) in [5.74, 6) is -2.92. The number of esters is 4. The lowest BCUT2D eigenvalue weighted by atomic mass is 9.91. The summed E-state index contributed by atoms with van der Waals surface area (Å²) in [5, 5.41) is 0. The van der Waals surface area contributed by atoms with Crippen molar-refractivity contribution in [1.29, 1.82) is 0 Å². The molecule has 4 rings (SSSR count). The summed E-state index contributed by atoms with van der Waals surface area (Å²) in [4.78, 5) is 47.5. The molecule has 0 spiro atoms. The van der Waals surface area contributed by atoms with Crippen LogP contribution in [-0.4, -0.2) is 23.9 Å². The van der Waals surface area contributed by atoms with Crippen molar-refractivity contribution in [2.75, 3.05) is 0 Å². The maximum Gasteiger partial charge on any atom is 0.347 e. The second-order valence-corrected chi connectivity index (χ2v) is 5.74. The van der Waals surface area contributed by atoms with E-state index in [1.165, 1.54) is 24.3 Å². The predicted molar refractivity (Wildman–Crippen MR) is 91.6 cm³/mol. The zero-order valence-electron chi connectivity index (χ0n) is 13.3. The molecule has 2 aliphatic heterocycles. The lowest BCUT2D eigenvalue weighted by Crippen LogP contribution is -1.99. The molecule has 0 atom stereocenters. The molecule has 126 valence electrons. The van der Waals surface area contributed by atoms with Gasteiger partial charge >= 0.3 is 23.9 Å². The monoisotopic (exact) mass is 346 g/mol. The molecule has 0 radical (unpaired) electrons. The number of cyclic esters (lactones) is 4. The Morgan fingerprint density at radius 1 is 0.615 bits per heavy atom. The number of carbonyl (C=O) groups excluding carboxylic acids is 4. The molecule has 0 aliphatic carbocycles. The Hall–Kier alpha value is -3.80. The van der Waals surface area contributed by atoms with Gasteiger partial charge in [0, 0.05) is 0 Å². The molecule has 0 saturated heterocycles. The number of hydrogen-bond acceptors (Lipinski definition) is 6. The molecule has 26 heavy (non-hydrogen) atoms. The highest BCUT2D eigenvalue weighted by molar-refractivity contribution is 6.18. The van der Waals surface area contributed by atoms with Crippen molar-refractivity contribution in [3.63, 3.8) is 0 Å². The van der Waals surface area contributed by atoms with Gasteiger partial charge in [0.15, 0.2) is 0 Å². The molecule has 2 aromatic carbocycles. The quantitative estimate of drug-likeness (QED) is 0.626. The van der Waals surface area contributed by atoms with Gasteiger partial charge in [-0.25, -0.2) is 19.2 Å². The Morgan fingerprint density at radius 3 is 1.35 bits per heavy atom. The number of rotatable bonds is 3. The van der Waals surface area contributed by atoms with E-state index in [1.54, 1.807) is 12.1 Å². The van der Waals surface area contributed by atoms with E-state index >= 15 is 0 Å². The van der Waals surface area contributed by atoms with Crippen LogP contribution in [0.25, 0.3) is 23.3 Å². The van der Waals surface area contributed by atoms with Gasteiger partial charge in [0.1, 0.15) is 0 Å². The molecule has 2 aromatic rings. The molecule has 2 heterocycles. The van der Waals surface area contributed by atoms with E-state index in [1.807, 2.05) is 0 Å². The average Bonchev–Trinajstić information content (AvgIpc) is 3.09. The molecule has 6 heteroatoms. The van der Waals surface area contributed by atoms with Crippen LogP contribution in [0.4, 0.5) is 0 Å².